The highest BCUT2D eigenvalue weighted by molar-refractivity contribution is 5.97. The van der Waals surface area contributed by atoms with Gasteiger partial charge >= 0.3 is 0 Å². The average Bonchev–Trinajstić information content (AvgIpc) is 2.38. The lowest BCUT2D eigenvalue weighted by molar-refractivity contribution is -0.126. The van der Waals surface area contributed by atoms with Crippen LogP contribution in [0.15, 0.2) is 30.3 Å². The smallest absolute Gasteiger partial charge is 0.246 e. The highest BCUT2D eigenvalue weighted by Crippen LogP contribution is 2.10. The fourth-order valence-corrected chi connectivity index (χ4v) is 1.75. The second-order valence-electron chi connectivity index (χ2n) is 4.96. The Balaban J connectivity index is 2.68. The Hall–Kier alpha value is -1.84. The highest BCUT2D eigenvalue weighted by atomic mass is 16.2. The quantitative estimate of drug-likeness (QED) is 0.827. The van der Waals surface area contributed by atoms with Gasteiger partial charge in [-0.25, -0.2) is 0 Å². The summed E-state index contributed by atoms with van der Waals surface area (Å²) in [6.45, 7) is 5.83. The van der Waals surface area contributed by atoms with Gasteiger partial charge in [-0.2, -0.15) is 0 Å². The van der Waals surface area contributed by atoms with Gasteiger partial charge in [0.25, 0.3) is 0 Å². The van der Waals surface area contributed by atoms with E-state index in [9.17, 15) is 9.59 Å². The summed E-state index contributed by atoms with van der Waals surface area (Å²) in [6, 6.07) is 8.78. The van der Waals surface area contributed by atoms with E-state index < -0.39 is 6.04 Å². The number of hydrogen-bond acceptors (Lipinski definition) is 2. The normalized spacial score (nSPS) is 12.0. The molecule has 0 saturated heterocycles. The second kappa shape index (κ2) is 7.56. The molecule has 0 bridgehead atoms. The number of amides is 2. The maximum atomic E-state index is 12.2. The molecule has 0 aliphatic heterocycles. The molecule has 4 heteroatoms. The molecule has 1 aromatic rings. The predicted octanol–water partition coefficient (Wildman–Crippen LogP) is 2.57. The zero-order chi connectivity index (χ0) is 14.3. The summed E-state index contributed by atoms with van der Waals surface area (Å²) in [5.41, 5.74) is 0.743. The van der Waals surface area contributed by atoms with E-state index in [-0.39, 0.29) is 11.8 Å². The number of carbonyl (C=O) groups is 2. The van der Waals surface area contributed by atoms with Gasteiger partial charge in [-0.3, -0.25) is 9.59 Å². The first-order chi connectivity index (χ1) is 9.02. The van der Waals surface area contributed by atoms with Crippen molar-refractivity contribution in [1.29, 1.82) is 0 Å². The van der Waals surface area contributed by atoms with Gasteiger partial charge < -0.3 is 10.6 Å². The maximum Gasteiger partial charge on any atom is 0.246 e. The van der Waals surface area contributed by atoms with E-state index in [0.29, 0.717) is 18.8 Å². The third-order valence-corrected chi connectivity index (χ3v) is 2.72. The largest absolute Gasteiger partial charge is 0.344 e. The van der Waals surface area contributed by atoms with Crippen LogP contribution < -0.4 is 10.6 Å². The minimum absolute atomic E-state index is 0.103. The first kappa shape index (κ1) is 15.2. The lowest BCUT2D eigenvalue weighted by Gasteiger charge is -2.20. The Morgan fingerprint density at radius 1 is 1.16 bits per heavy atom. The van der Waals surface area contributed by atoms with E-state index in [4.69, 9.17) is 0 Å². The lowest BCUT2D eigenvalue weighted by atomic mass is 10.0. The summed E-state index contributed by atoms with van der Waals surface area (Å²) in [4.78, 5) is 23.6. The molecule has 0 unspecified atom stereocenters. The molecule has 104 valence electrons. The number of hydrogen-bond donors (Lipinski definition) is 2. The molecule has 0 aromatic heterocycles. The minimum Gasteiger partial charge on any atom is -0.344 e. The van der Waals surface area contributed by atoms with Crippen LogP contribution in [0.4, 0.5) is 5.69 Å². The first-order valence-corrected chi connectivity index (χ1v) is 6.68. The van der Waals surface area contributed by atoms with Crippen LogP contribution in [0.25, 0.3) is 0 Å². The molecule has 4 nitrogen and oxygen atoms in total. The molecule has 0 spiro atoms. The lowest BCUT2D eigenvalue weighted by Crippen LogP contribution is -2.44. The molecule has 0 radical (unpaired) electrons. The number of para-hydroxylation sites is 1. The SMILES string of the molecule is CCC(=O)N[C@@H](CC(C)C)C(=O)Nc1ccccc1. The second-order valence-corrected chi connectivity index (χ2v) is 4.96. The summed E-state index contributed by atoms with van der Waals surface area (Å²) in [5, 5.41) is 5.59. The number of nitrogens with one attached hydrogen (secondary N) is 2. The van der Waals surface area contributed by atoms with Gasteiger partial charge in [-0.05, 0) is 24.5 Å². The van der Waals surface area contributed by atoms with E-state index in [1.807, 2.05) is 44.2 Å². The maximum absolute atomic E-state index is 12.2. The molecule has 0 heterocycles. The van der Waals surface area contributed by atoms with E-state index in [1.165, 1.54) is 0 Å². The Labute approximate surface area is 114 Å². The van der Waals surface area contributed by atoms with E-state index in [1.54, 1.807) is 6.92 Å². The van der Waals surface area contributed by atoms with E-state index in [2.05, 4.69) is 10.6 Å². The third kappa shape index (κ3) is 5.55. The number of carbonyl (C=O) groups excluding carboxylic acids is 2. The van der Waals surface area contributed by atoms with Crippen molar-refractivity contribution in [2.45, 2.75) is 39.7 Å². The minimum atomic E-state index is -0.479. The van der Waals surface area contributed by atoms with Gasteiger partial charge in [0.2, 0.25) is 11.8 Å². The zero-order valence-corrected chi connectivity index (χ0v) is 11.8. The van der Waals surface area contributed by atoms with Gasteiger partial charge in [0.05, 0.1) is 0 Å². The van der Waals surface area contributed by atoms with Crippen LogP contribution in [-0.2, 0) is 9.59 Å². The molecule has 0 saturated carbocycles. The third-order valence-electron chi connectivity index (χ3n) is 2.72. The van der Waals surface area contributed by atoms with Crippen LogP contribution in [0.3, 0.4) is 0 Å². The zero-order valence-electron chi connectivity index (χ0n) is 11.8. The molecule has 2 N–H and O–H groups in total. The summed E-state index contributed by atoms with van der Waals surface area (Å²) in [5.74, 6) is 0.0687. The topological polar surface area (TPSA) is 58.2 Å². The van der Waals surface area contributed by atoms with Crippen LogP contribution >= 0.6 is 0 Å². The van der Waals surface area contributed by atoms with E-state index >= 15 is 0 Å². The molecule has 1 atom stereocenters. The van der Waals surface area contributed by atoms with Gasteiger partial charge in [-0.15, -0.1) is 0 Å². The Bertz CT molecular complexity index is 415. The van der Waals surface area contributed by atoms with Crippen molar-refractivity contribution >= 4 is 17.5 Å². The monoisotopic (exact) mass is 262 g/mol. The highest BCUT2D eigenvalue weighted by Gasteiger charge is 2.21. The van der Waals surface area contributed by atoms with Gasteiger partial charge in [0, 0.05) is 12.1 Å². The number of anilines is 1. The Kier molecular flexibility index (Phi) is 6.06. The molecule has 0 aliphatic rings. The van der Waals surface area contributed by atoms with Crippen molar-refractivity contribution in [3.8, 4) is 0 Å². The number of benzene rings is 1. The van der Waals surface area contributed by atoms with Crippen molar-refractivity contribution in [3.05, 3.63) is 30.3 Å². The first-order valence-electron chi connectivity index (χ1n) is 6.68. The molecule has 19 heavy (non-hydrogen) atoms. The van der Waals surface area contributed by atoms with Crippen LogP contribution in [0.5, 0.6) is 0 Å². The fraction of sp³-hybridized carbons (Fsp3) is 0.467. The number of rotatable bonds is 6. The van der Waals surface area contributed by atoms with Crippen LogP contribution in [-0.4, -0.2) is 17.9 Å². The van der Waals surface area contributed by atoms with Crippen LogP contribution in [0.2, 0.25) is 0 Å². The molecule has 1 rings (SSSR count). The summed E-state index contributed by atoms with van der Waals surface area (Å²) in [6.07, 6.45) is 1.01. The summed E-state index contributed by atoms with van der Waals surface area (Å²) < 4.78 is 0. The molecule has 1 aromatic carbocycles. The van der Waals surface area contributed by atoms with Gasteiger partial charge in [0.1, 0.15) is 6.04 Å². The Morgan fingerprint density at radius 2 is 1.79 bits per heavy atom. The molecular weight excluding hydrogens is 240 g/mol. The average molecular weight is 262 g/mol. The summed E-state index contributed by atoms with van der Waals surface area (Å²) >= 11 is 0. The predicted molar refractivity (Wildman–Crippen MR) is 76.7 cm³/mol. The molecular formula is C15H22N2O2. The molecule has 0 fully saturated rings. The van der Waals surface area contributed by atoms with Crippen molar-refractivity contribution in [1.82, 2.24) is 5.32 Å². The van der Waals surface area contributed by atoms with E-state index in [0.717, 1.165) is 5.69 Å². The van der Waals surface area contributed by atoms with Crippen molar-refractivity contribution in [2.75, 3.05) is 5.32 Å². The standard InChI is InChI=1S/C15H22N2O2/c1-4-14(18)17-13(10-11(2)3)15(19)16-12-8-6-5-7-9-12/h5-9,11,13H,4,10H2,1-3H3,(H,16,19)(H,17,18)/t13-/m0/s1. The molecule has 0 aliphatic carbocycles. The Morgan fingerprint density at radius 3 is 2.32 bits per heavy atom. The van der Waals surface area contributed by atoms with Gasteiger partial charge in [0.15, 0.2) is 0 Å². The van der Waals surface area contributed by atoms with Gasteiger partial charge in [-0.1, -0.05) is 39.0 Å². The fourth-order valence-electron chi connectivity index (χ4n) is 1.75. The van der Waals surface area contributed by atoms with Crippen LogP contribution in [0, 0.1) is 5.92 Å². The summed E-state index contributed by atoms with van der Waals surface area (Å²) in [7, 11) is 0. The van der Waals surface area contributed by atoms with Crippen molar-refractivity contribution < 1.29 is 9.59 Å². The van der Waals surface area contributed by atoms with Crippen molar-refractivity contribution in [2.24, 2.45) is 5.92 Å². The molecule has 2 amide bonds. The van der Waals surface area contributed by atoms with Crippen LogP contribution in [0.1, 0.15) is 33.6 Å². The van der Waals surface area contributed by atoms with Crippen molar-refractivity contribution in [3.63, 3.8) is 0 Å².